The Labute approximate surface area is 721 Å². The first-order valence-corrected chi connectivity index (χ1v) is 42.9. The predicted molar refractivity (Wildman–Crippen MR) is 530 cm³/mol. The van der Waals surface area contributed by atoms with Crippen molar-refractivity contribution in [3.05, 3.63) is 461 Å². The summed E-state index contributed by atoms with van der Waals surface area (Å²) in [6, 6.07) is 166. The van der Waals surface area contributed by atoms with Gasteiger partial charge in [0.05, 0.1) is 0 Å². The van der Waals surface area contributed by atoms with Gasteiger partial charge < -0.3 is 13.3 Å². The smallest absolute Gasteiger partial charge is 0.136 e. The molecule has 3 heteroatoms. The zero-order valence-corrected chi connectivity index (χ0v) is 68.1. The van der Waals surface area contributed by atoms with Crippen molar-refractivity contribution in [2.45, 2.75) is 0 Å². The van der Waals surface area contributed by atoms with Gasteiger partial charge in [0, 0.05) is 32.3 Å². The van der Waals surface area contributed by atoms with Gasteiger partial charge in [-0.05, 0) is 247 Å². The summed E-state index contributed by atoms with van der Waals surface area (Å²) < 4.78 is 18.5. The molecule has 0 spiro atoms. The SMILES string of the molecule is c1ccc(-c2c3ccccc3c(-c3ccc(-c4ccc5oc6ccccc6c5c4)cc3)c3ccccc23)cc1.c1ccc2c(-c3ccc(-c4c5ccccc5c(-c5ccc6c(c5)oc5ccccc56)c5ccccc45)cc3)cccc2c1.c1ccc2cc(-c3ccc(-c4c5ccccc5c(-c5ccc6oc7ccccc7c6c5)c5ccccc45)cc3)ccc2c1. The third-order valence-electron chi connectivity index (χ3n) is 25.6. The lowest BCUT2D eigenvalue weighted by molar-refractivity contribution is 0.668. The van der Waals surface area contributed by atoms with Gasteiger partial charge in [-0.25, -0.2) is 0 Å². The summed E-state index contributed by atoms with van der Waals surface area (Å²) in [5, 5.41) is 27.1. The van der Waals surface area contributed by atoms with Crippen LogP contribution < -0.4 is 0 Å². The Morgan fingerprint density at radius 1 is 0.104 bits per heavy atom. The molecule has 582 valence electrons. The van der Waals surface area contributed by atoms with Crippen molar-refractivity contribution in [3.63, 3.8) is 0 Å². The molecule has 26 aromatic rings. The highest BCUT2D eigenvalue weighted by molar-refractivity contribution is 6.26. The molecule has 0 saturated carbocycles. The quantitative estimate of drug-likeness (QED) is 0.135. The first-order valence-electron chi connectivity index (χ1n) is 42.9. The summed E-state index contributed by atoms with van der Waals surface area (Å²) in [6.07, 6.45) is 0. The zero-order chi connectivity index (χ0) is 82.4. The van der Waals surface area contributed by atoms with Crippen molar-refractivity contribution in [2.75, 3.05) is 0 Å². The maximum absolute atomic E-state index is 6.31. The fraction of sp³-hybridized carbons (Fsp3) is 0. The lowest BCUT2D eigenvalue weighted by Gasteiger charge is -2.18. The molecule has 0 atom stereocenters. The number of hydrogen-bond donors (Lipinski definition) is 0. The van der Waals surface area contributed by atoms with E-state index in [2.05, 4.69) is 425 Å². The normalized spacial score (nSPS) is 11.7. The summed E-state index contributed by atoms with van der Waals surface area (Å²) in [5.41, 5.74) is 27.7. The number of para-hydroxylation sites is 3. The average Bonchev–Trinajstić information content (AvgIpc) is 1.51. The number of fused-ring (bicyclic) bond motifs is 17. The molecule has 0 unspecified atom stereocenters. The van der Waals surface area contributed by atoms with Crippen LogP contribution in [0.1, 0.15) is 0 Å². The molecule has 0 N–H and O–H groups in total. The summed E-state index contributed by atoms with van der Waals surface area (Å²) in [5.74, 6) is 0. The second-order valence-corrected chi connectivity index (χ2v) is 32.6. The van der Waals surface area contributed by atoms with Gasteiger partial charge in [0.1, 0.15) is 33.5 Å². The van der Waals surface area contributed by atoms with Gasteiger partial charge in [0.15, 0.2) is 0 Å². The molecule has 0 bridgehead atoms. The van der Waals surface area contributed by atoms with Crippen LogP contribution in [0.2, 0.25) is 0 Å². The molecule has 3 aromatic heterocycles. The Bertz CT molecular complexity index is 8590. The van der Waals surface area contributed by atoms with Gasteiger partial charge in [-0.1, -0.05) is 400 Å². The summed E-state index contributed by atoms with van der Waals surface area (Å²) >= 11 is 0. The first-order chi connectivity index (χ1) is 62.0. The summed E-state index contributed by atoms with van der Waals surface area (Å²) in [7, 11) is 0. The molecular weight excluding hydrogens is 1510 g/mol. The van der Waals surface area contributed by atoms with Crippen LogP contribution in [0.3, 0.4) is 0 Å². The Kier molecular flexibility index (Phi) is 17.6. The summed E-state index contributed by atoms with van der Waals surface area (Å²) in [4.78, 5) is 0. The molecule has 0 saturated heterocycles. The molecule has 0 fully saturated rings. The van der Waals surface area contributed by atoms with E-state index in [1.54, 1.807) is 0 Å². The van der Waals surface area contributed by atoms with Crippen molar-refractivity contribution in [3.8, 4) is 100 Å². The summed E-state index contributed by atoms with van der Waals surface area (Å²) in [6.45, 7) is 0. The first kappa shape index (κ1) is 72.5. The lowest BCUT2D eigenvalue weighted by atomic mass is 9.85. The highest BCUT2D eigenvalue weighted by Crippen LogP contribution is 2.50. The van der Waals surface area contributed by atoms with Crippen molar-refractivity contribution in [1.82, 2.24) is 0 Å². The number of furan rings is 3. The van der Waals surface area contributed by atoms with Gasteiger partial charge in [0.2, 0.25) is 0 Å². The standard InChI is InChI=1S/2C42H26O.C38H24O/c1-2-12-31-27(10-1)11-9-18-32(31)28-20-22-29(23-21-28)41-35-14-3-5-16-37(35)42(38-17-6-4-15-36(38)41)30-24-25-34-33-13-7-8-19-39(33)43-40(34)26-30;1-2-10-30-25-31(22-19-27(30)9-1)28-17-20-29(21-18-28)41-34-12-3-5-14-36(34)42(37-15-6-4-13-35(37)41)32-23-24-40-38(26-32)33-11-7-8-16-39(33)43-40;1-2-10-26(11-3-1)37-30-13-4-6-15-32(30)38(33-16-7-5-14-31(33)37)27-20-18-25(19-21-27)28-22-23-36-34(24-28)29-12-8-9-17-35(29)39-36/h2*1-26H;1-24H. The molecule has 0 aliphatic rings. The Hall–Kier alpha value is -16.5. The van der Waals surface area contributed by atoms with E-state index in [-0.39, 0.29) is 0 Å². The average molecular weight is 1590 g/mol. The molecule has 0 radical (unpaired) electrons. The maximum atomic E-state index is 6.31. The van der Waals surface area contributed by atoms with Gasteiger partial charge >= 0.3 is 0 Å². The van der Waals surface area contributed by atoms with E-state index < -0.39 is 0 Å². The van der Waals surface area contributed by atoms with Crippen LogP contribution in [-0.4, -0.2) is 0 Å². The van der Waals surface area contributed by atoms with Crippen LogP contribution >= 0.6 is 0 Å². The lowest BCUT2D eigenvalue weighted by Crippen LogP contribution is -1.91. The minimum absolute atomic E-state index is 0.917. The molecular formula is C122H76O3. The Morgan fingerprint density at radius 3 is 0.800 bits per heavy atom. The second kappa shape index (κ2) is 30.4. The fourth-order valence-electron chi connectivity index (χ4n) is 19.8. The van der Waals surface area contributed by atoms with Gasteiger partial charge in [-0.3, -0.25) is 0 Å². The molecule has 0 aliphatic heterocycles. The molecule has 23 aromatic carbocycles. The minimum atomic E-state index is 0.917. The maximum Gasteiger partial charge on any atom is 0.136 e. The van der Waals surface area contributed by atoms with E-state index >= 15 is 0 Å². The van der Waals surface area contributed by atoms with Crippen LogP contribution in [0.5, 0.6) is 0 Å². The van der Waals surface area contributed by atoms with Gasteiger partial charge in [0.25, 0.3) is 0 Å². The number of hydrogen-bond acceptors (Lipinski definition) is 3. The number of benzene rings is 23. The monoisotopic (exact) mass is 1590 g/mol. The second-order valence-electron chi connectivity index (χ2n) is 32.6. The third kappa shape index (κ3) is 12.6. The van der Waals surface area contributed by atoms with E-state index in [0.29, 0.717) is 0 Å². The van der Waals surface area contributed by atoms with Crippen molar-refractivity contribution in [2.24, 2.45) is 0 Å². The topological polar surface area (TPSA) is 39.4 Å². The molecule has 0 amide bonds. The van der Waals surface area contributed by atoms with Crippen molar-refractivity contribution in [1.29, 1.82) is 0 Å². The highest BCUT2D eigenvalue weighted by Gasteiger charge is 2.23. The van der Waals surface area contributed by atoms with E-state index in [0.717, 1.165) is 71.4 Å². The van der Waals surface area contributed by atoms with E-state index in [1.807, 2.05) is 36.4 Å². The number of rotatable bonds is 9. The molecule has 125 heavy (non-hydrogen) atoms. The van der Waals surface area contributed by atoms with Gasteiger partial charge in [-0.2, -0.15) is 0 Å². The van der Waals surface area contributed by atoms with Crippen LogP contribution in [0.25, 0.3) is 252 Å². The van der Waals surface area contributed by atoms with Crippen LogP contribution in [0, 0.1) is 0 Å². The van der Waals surface area contributed by atoms with E-state index in [4.69, 9.17) is 13.3 Å². The van der Waals surface area contributed by atoms with Crippen molar-refractivity contribution >= 4 is 152 Å². The molecule has 3 nitrogen and oxygen atoms in total. The third-order valence-corrected chi connectivity index (χ3v) is 25.6. The van der Waals surface area contributed by atoms with E-state index in [1.165, 1.54) is 181 Å². The zero-order valence-electron chi connectivity index (χ0n) is 68.1. The van der Waals surface area contributed by atoms with Crippen LogP contribution in [0.4, 0.5) is 0 Å². The van der Waals surface area contributed by atoms with Crippen LogP contribution in [0.15, 0.2) is 474 Å². The van der Waals surface area contributed by atoms with Crippen molar-refractivity contribution < 1.29 is 13.3 Å². The predicted octanol–water partition coefficient (Wildman–Crippen LogP) is 35.0. The van der Waals surface area contributed by atoms with Crippen LogP contribution in [-0.2, 0) is 0 Å². The Balaban J connectivity index is 0.000000105. The largest absolute Gasteiger partial charge is 0.456 e. The fourth-order valence-corrected chi connectivity index (χ4v) is 19.8. The van der Waals surface area contributed by atoms with Gasteiger partial charge in [-0.15, -0.1) is 0 Å². The molecule has 3 heterocycles. The van der Waals surface area contributed by atoms with E-state index in [9.17, 15) is 0 Å². The highest BCUT2D eigenvalue weighted by atomic mass is 16.3. The molecule has 0 aliphatic carbocycles. The molecule has 26 rings (SSSR count). The Morgan fingerprint density at radius 2 is 0.360 bits per heavy atom. The minimum Gasteiger partial charge on any atom is -0.456 e.